The molecule has 186 valence electrons. The lowest BCUT2D eigenvalue weighted by Gasteiger charge is -2.41. The fraction of sp³-hybridized carbons (Fsp3) is 0.444. The standard InChI is InChI=1S/C27H33N3O5/c1-28-13-14-29(22(19-28)20-9-5-4-6-10-20)24(31)17-27(21-11-7-8-12-23(21)35-3)18-25(32)30(26(27)33)15-16-34-2/h4-12,22H,13-19H2,1-3H3/t22-,27-/m1/s1. The molecular formula is C27H33N3O5. The molecule has 2 aliphatic heterocycles. The van der Waals surface area contributed by atoms with Crippen molar-refractivity contribution in [2.45, 2.75) is 24.3 Å². The Kier molecular flexibility index (Phi) is 7.52. The molecule has 35 heavy (non-hydrogen) atoms. The van der Waals surface area contributed by atoms with Gasteiger partial charge < -0.3 is 19.3 Å². The summed E-state index contributed by atoms with van der Waals surface area (Å²) in [4.78, 5) is 46.1. The molecule has 2 aromatic rings. The first-order valence-electron chi connectivity index (χ1n) is 11.9. The number of carbonyl (C=O) groups excluding carboxylic acids is 3. The van der Waals surface area contributed by atoms with Crippen molar-refractivity contribution in [1.29, 1.82) is 0 Å². The molecule has 2 fully saturated rings. The second-order valence-electron chi connectivity index (χ2n) is 9.26. The van der Waals surface area contributed by atoms with Gasteiger partial charge in [-0.2, -0.15) is 0 Å². The van der Waals surface area contributed by atoms with Crippen LogP contribution in [0, 0.1) is 0 Å². The van der Waals surface area contributed by atoms with Gasteiger partial charge in [-0.05, 0) is 18.7 Å². The van der Waals surface area contributed by atoms with Gasteiger partial charge in [0.05, 0.1) is 31.7 Å². The van der Waals surface area contributed by atoms with Crippen LogP contribution in [0.3, 0.4) is 0 Å². The average molecular weight is 480 g/mol. The minimum atomic E-state index is -1.32. The number of benzene rings is 2. The van der Waals surface area contributed by atoms with Crippen LogP contribution in [0.4, 0.5) is 0 Å². The number of methoxy groups -OCH3 is 2. The van der Waals surface area contributed by atoms with Gasteiger partial charge in [0.2, 0.25) is 17.7 Å². The topological polar surface area (TPSA) is 79.4 Å². The van der Waals surface area contributed by atoms with E-state index in [4.69, 9.17) is 9.47 Å². The predicted octanol–water partition coefficient (Wildman–Crippen LogP) is 2.24. The average Bonchev–Trinajstić information content (AvgIpc) is 3.12. The zero-order chi connectivity index (χ0) is 25.0. The molecular weight excluding hydrogens is 446 g/mol. The lowest BCUT2D eigenvalue weighted by molar-refractivity contribution is -0.144. The number of likely N-dealkylation sites (tertiary alicyclic amines) is 1. The van der Waals surface area contributed by atoms with Crippen LogP contribution < -0.4 is 4.74 Å². The van der Waals surface area contributed by atoms with Crippen LogP contribution in [-0.4, -0.2) is 86.5 Å². The second kappa shape index (κ2) is 10.6. The molecule has 0 saturated carbocycles. The van der Waals surface area contributed by atoms with Gasteiger partial charge in [-0.3, -0.25) is 19.3 Å². The third-order valence-corrected chi connectivity index (χ3v) is 7.09. The maximum atomic E-state index is 14.0. The Morgan fingerprint density at radius 2 is 1.74 bits per heavy atom. The van der Waals surface area contributed by atoms with Crippen molar-refractivity contribution >= 4 is 17.7 Å². The molecule has 0 radical (unpaired) electrons. The zero-order valence-corrected chi connectivity index (χ0v) is 20.6. The van der Waals surface area contributed by atoms with Crippen molar-refractivity contribution in [3.05, 3.63) is 65.7 Å². The zero-order valence-electron chi connectivity index (χ0n) is 20.6. The van der Waals surface area contributed by atoms with E-state index in [0.717, 1.165) is 12.1 Å². The van der Waals surface area contributed by atoms with Crippen molar-refractivity contribution < 1.29 is 23.9 Å². The van der Waals surface area contributed by atoms with E-state index in [0.29, 0.717) is 24.4 Å². The Balaban J connectivity index is 1.72. The van der Waals surface area contributed by atoms with Gasteiger partial charge in [-0.15, -0.1) is 0 Å². The highest BCUT2D eigenvalue weighted by molar-refractivity contribution is 6.11. The normalized spacial score (nSPS) is 23.1. The second-order valence-corrected chi connectivity index (χ2v) is 9.26. The van der Waals surface area contributed by atoms with Gasteiger partial charge in [0.15, 0.2) is 0 Å². The fourth-order valence-electron chi connectivity index (χ4n) is 5.23. The number of hydrogen-bond donors (Lipinski definition) is 0. The molecule has 2 aromatic carbocycles. The molecule has 2 saturated heterocycles. The lowest BCUT2D eigenvalue weighted by Crippen LogP contribution is -2.51. The molecule has 8 nitrogen and oxygen atoms in total. The van der Waals surface area contributed by atoms with Crippen molar-refractivity contribution in [3.63, 3.8) is 0 Å². The maximum absolute atomic E-state index is 14.0. The van der Waals surface area contributed by atoms with E-state index in [1.807, 2.05) is 54.4 Å². The number of piperazine rings is 1. The number of para-hydroxylation sites is 1. The first-order valence-corrected chi connectivity index (χ1v) is 11.9. The van der Waals surface area contributed by atoms with Crippen LogP contribution in [0.1, 0.15) is 30.0 Å². The van der Waals surface area contributed by atoms with E-state index >= 15 is 0 Å². The molecule has 2 aliphatic rings. The molecule has 8 heteroatoms. The number of imide groups is 1. The third kappa shape index (κ3) is 4.81. The Hall–Kier alpha value is -3.23. The largest absolute Gasteiger partial charge is 0.496 e. The van der Waals surface area contributed by atoms with Crippen molar-refractivity contribution in [3.8, 4) is 5.75 Å². The summed E-state index contributed by atoms with van der Waals surface area (Å²) in [6.07, 6.45) is -0.181. The summed E-state index contributed by atoms with van der Waals surface area (Å²) >= 11 is 0. The maximum Gasteiger partial charge on any atom is 0.241 e. The van der Waals surface area contributed by atoms with E-state index < -0.39 is 5.41 Å². The molecule has 0 unspecified atom stereocenters. The van der Waals surface area contributed by atoms with Gasteiger partial charge >= 0.3 is 0 Å². The number of ether oxygens (including phenoxy) is 2. The highest BCUT2D eigenvalue weighted by Crippen LogP contribution is 2.44. The van der Waals surface area contributed by atoms with E-state index in [9.17, 15) is 14.4 Å². The van der Waals surface area contributed by atoms with E-state index in [2.05, 4.69) is 4.90 Å². The molecule has 3 amide bonds. The summed E-state index contributed by atoms with van der Waals surface area (Å²) in [5.74, 6) is -0.327. The molecule has 2 atom stereocenters. The van der Waals surface area contributed by atoms with E-state index in [-0.39, 0.29) is 49.8 Å². The van der Waals surface area contributed by atoms with Crippen molar-refractivity contribution in [1.82, 2.24) is 14.7 Å². The molecule has 0 N–H and O–H groups in total. The smallest absolute Gasteiger partial charge is 0.241 e. The van der Waals surface area contributed by atoms with Crippen LogP contribution in [0.2, 0.25) is 0 Å². The summed E-state index contributed by atoms with van der Waals surface area (Å²) in [5, 5.41) is 0. The minimum absolute atomic E-state index is 0.0780. The van der Waals surface area contributed by atoms with Gasteiger partial charge in [0.25, 0.3) is 0 Å². The quantitative estimate of drug-likeness (QED) is 0.541. The van der Waals surface area contributed by atoms with E-state index in [1.54, 1.807) is 12.1 Å². The van der Waals surface area contributed by atoms with Gasteiger partial charge in [-0.1, -0.05) is 48.5 Å². The van der Waals surface area contributed by atoms with Gasteiger partial charge in [-0.25, -0.2) is 0 Å². The number of hydrogen-bond acceptors (Lipinski definition) is 6. The minimum Gasteiger partial charge on any atom is -0.496 e. The molecule has 0 aromatic heterocycles. The van der Waals surface area contributed by atoms with Crippen molar-refractivity contribution in [2.75, 3.05) is 54.1 Å². The monoisotopic (exact) mass is 479 g/mol. The molecule has 0 spiro atoms. The number of carbonyl (C=O) groups is 3. The van der Waals surface area contributed by atoms with Crippen molar-refractivity contribution in [2.24, 2.45) is 0 Å². The molecule has 4 rings (SSSR count). The first kappa shape index (κ1) is 24.9. The van der Waals surface area contributed by atoms with Crippen LogP contribution in [0.15, 0.2) is 54.6 Å². The SMILES string of the molecule is COCCN1C(=O)C[C@](CC(=O)N2CCN(C)C[C@@H]2c2ccccc2)(c2ccccc2OC)C1=O. The number of rotatable bonds is 8. The summed E-state index contributed by atoms with van der Waals surface area (Å²) in [5.41, 5.74) is 0.299. The lowest BCUT2D eigenvalue weighted by atomic mass is 9.75. The fourth-order valence-corrected chi connectivity index (χ4v) is 5.23. The van der Waals surface area contributed by atoms with Gasteiger partial charge in [0, 0.05) is 45.1 Å². The third-order valence-electron chi connectivity index (χ3n) is 7.09. The number of amides is 3. The summed E-state index contributed by atoms with van der Waals surface area (Å²) in [6, 6.07) is 17.0. The Morgan fingerprint density at radius 1 is 1.03 bits per heavy atom. The van der Waals surface area contributed by atoms with Crippen LogP contribution in [0.5, 0.6) is 5.75 Å². The van der Waals surface area contributed by atoms with Gasteiger partial charge in [0.1, 0.15) is 5.75 Å². The highest BCUT2D eigenvalue weighted by atomic mass is 16.5. The molecule has 2 heterocycles. The Morgan fingerprint density at radius 3 is 2.46 bits per heavy atom. The summed E-state index contributed by atoms with van der Waals surface area (Å²) in [6.45, 7) is 2.38. The first-order chi connectivity index (χ1) is 16.9. The summed E-state index contributed by atoms with van der Waals surface area (Å²) in [7, 11) is 5.10. The predicted molar refractivity (Wildman–Crippen MR) is 131 cm³/mol. The Labute approximate surface area is 206 Å². The van der Waals surface area contributed by atoms with Crippen LogP contribution in [0.25, 0.3) is 0 Å². The van der Waals surface area contributed by atoms with E-state index in [1.165, 1.54) is 19.1 Å². The van der Waals surface area contributed by atoms with Crippen LogP contribution >= 0.6 is 0 Å². The summed E-state index contributed by atoms with van der Waals surface area (Å²) < 4.78 is 10.7. The molecule has 0 aliphatic carbocycles. The molecule has 0 bridgehead atoms. The number of nitrogens with zero attached hydrogens (tertiary/aromatic N) is 3. The van der Waals surface area contributed by atoms with Crippen LogP contribution in [-0.2, 0) is 24.5 Å². The number of likely N-dealkylation sites (N-methyl/N-ethyl adjacent to an activating group) is 1. The Bertz CT molecular complexity index is 1080. The highest BCUT2D eigenvalue weighted by Gasteiger charge is 2.55.